The van der Waals surface area contributed by atoms with Gasteiger partial charge >= 0.3 is 0 Å². The highest BCUT2D eigenvalue weighted by Crippen LogP contribution is 2.47. The lowest BCUT2D eigenvalue weighted by molar-refractivity contribution is 0.716. The number of aliphatic imine (C=N–C) groups is 1. The van der Waals surface area contributed by atoms with E-state index in [0.717, 1.165) is 20.7 Å². The molecule has 0 radical (unpaired) electrons. The van der Waals surface area contributed by atoms with Gasteiger partial charge in [0.2, 0.25) is 0 Å². The predicted molar refractivity (Wildman–Crippen MR) is 90.1 cm³/mol. The van der Waals surface area contributed by atoms with E-state index in [0.29, 0.717) is 16.3 Å². The van der Waals surface area contributed by atoms with E-state index in [1.54, 1.807) is 11.3 Å². The van der Waals surface area contributed by atoms with Crippen LogP contribution in [0.3, 0.4) is 0 Å². The number of nitrogens with zero attached hydrogens (tertiary/aromatic N) is 3. The van der Waals surface area contributed by atoms with Crippen LogP contribution in [0, 0.1) is 28.6 Å². The zero-order valence-electron chi connectivity index (χ0n) is 12.1. The van der Waals surface area contributed by atoms with Crippen LogP contribution in [0.25, 0.3) is 10.1 Å². The van der Waals surface area contributed by atoms with Crippen LogP contribution in [-0.4, -0.2) is 5.71 Å². The number of hydrogen-bond acceptors (Lipinski definition) is 4. The van der Waals surface area contributed by atoms with Crippen LogP contribution < -0.4 is 0 Å². The van der Waals surface area contributed by atoms with Crippen molar-refractivity contribution in [2.24, 2.45) is 10.9 Å². The molecule has 0 spiro atoms. The number of fused-ring (bicyclic) bond motifs is 1. The molecule has 0 saturated carbocycles. The summed E-state index contributed by atoms with van der Waals surface area (Å²) < 4.78 is 1.06. The average molecular weight is 326 g/mol. The lowest BCUT2D eigenvalue weighted by atomic mass is 9.80. The van der Waals surface area contributed by atoms with Crippen molar-refractivity contribution in [2.75, 3.05) is 0 Å². The zero-order chi connectivity index (χ0) is 15.9. The molecule has 0 saturated heterocycles. The fourth-order valence-corrected chi connectivity index (χ4v) is 4.56. The number of nitriles is 2. The van der Waals surface area contributed by atoms with Crippen molar-refractivity contribution in [3.05, 3.63) is 45.4 Å². The molecule has 0 bridgehead atoms. The monoisotopic (exact) mass is 325 g/mol. The van der Waals surface area contributed by atoms with Gasteiger partial charge in [0.05, 0.1) is 40.3 Å². The van der Waals surface area contributed by atoms with E-state index in [1.165, 1.54) is 0 Å². The highest BCUT2D eigenvalue weighted by molar-refractivity contribution is 7.20. The van der Waals surface area contributed by atoms with Crippen LogP contribution in [0.4, 0.5) is 0 Å². The van der Waals surface area contributed by atoms with Crippen molar-refractivity contribution >= 4 is 38.7 Å². The third-order valence-electron chi connectivity index (χ3n) is 3.93. The topological polar surface area (TPSA) is 59.9 Å². The minimum absolute atomic E-state index is 0.336. The summed E-state index contributed by atoms with van der Waals surface area (Å²) in [6.07, 6.45) is 0. The van der Waals surface area contributed by atoms with Gasteiger partial charge in [-0.15, -0.1) is 11.3 Å². The minimum atomic E-state index is -0.455. The average Bonchev–Trinajstić information content (AvgIpc) is 2.84. The number of halogens is 1. The van der Waals surface area contributed by atoms with Crippen LogP contribution >= 0.6 is 22.9 Å². The molecule has 0 fully saturated rings. The second-order valence-electron chi connectivity index (χ2n) is 5.22. The first-order valence-corrected chi connectivity index (χ1v) is 8.00. The molecule has 5 heteroatoms. The Balaban J connectivity index is 2.27. The Bertz CT molecular complexity index is 908. The molecule has 1 aromatic heterocycles. The van der Waals surface area contributed by atoms with E-state index in [-0.39, 0.29) is 5.92 Å². The number of thiophene rings is 1. The van der Waals surface area contributed by atoms with Gasteiger partial charge in [-0.25, -0.2) is 0 Å². The lowest BCUT2D eigenvalue weighted by Gasteiger charge is -2.25. The third kappa shape index (κ3) is 2.13. The lowest BCUT2D eigenvalue weighted by Crippen LogP contribution is -2.24. The Morgan fingerprint density at radius 1 is 1.23 bits per heavy atom. The van der Waals surface area contributed by atoms with Crippen LogP contribution in [0.2, 0.25) is 5.02 Å². The summed E-state index contributed by atoms with van der Waals surface area (Å²) in [6.45, 7) is 3.64. The Morgan fingerprint density at radius 2 is 1.95 bits per heavy atom. The maximum atomic E-state index is 9.56. The summed E-state index contributed by atoms with van der Waals surface area (Å²) in [7, 11) is 0. The standard InChI is InChI=1S/C17H12ClN3S/c1-9-12(7-19)15(13(8-20)10(2)21-9)17-16(18)11-5-3-4-6-14(11)22-17/h3-6,12,15H,1-2H3/t12?,15-/m0/s1. The molecule has 3 rings (SSSR count). The van der Waals surface area contributed by atoms with Crippen LogP contribution in [0.5, 0.6) is 0 Å². The highest BCUT2D eigenvalue weighted by atomic mass is 35.5. The molecule has 0 aliphatic carbocycles. The van der Waals surface area contributed by atoms with Gasteiger partial charge in [-0.1, -0.05) is 29.8 Å². The van der Waals surface area contributed by atoms with Gasteiger partial charge < -0.3 is 0 Å². The SMILES string of the molecule is CC1=NC(C)=C(C#N)[C@@H](c2sc3ccccc3c2Cl)C1C#N. The summed E-state index contributed by atoms with van der Waals surface area (Å²) >= 11 is 8.11. The Kier molecular flexibility index (Phi) is 3.74. The van der Waals surface area contributed by atoms with Crippen molar-refractivity contribution in [3.63, 3.8) is 0 Å². The molecule has 22 heavy (non-hydrogen) atoms. The first kappa shape index (κ1) is 14.8. The van der Waals surface area contributed by atoms with E-state index >= 15 is 0 Å². The van der Waals surface area contributed by atoms with Gasteiger partial charge in [0.15, 0.2) is 0 Å². The fraction of sp³-hybridized carbons (Fsp3) is 0.235. The number of benzene rings is 1. The molecular formula is C17H12ClN3S. The molecule has 1 aliphatic rings. The Hall–Kier alpha value is -2.14. The normalized spacial score (nSPS) is 21.4. The molecule has 2 aromatic rings. The van der Waals surface area contributed by atoms with Crippen molar-refractivity contribution in [3.8, 4) is 12.1 Å². The van der Waals surface area contributed by atoms with Crippen LogP contribution in [0.1, 0.15) is 24.6 Å². The smallest absolute Gasteiger partial charge is 0.0973 e. The highest BCUT2D eigenvalue weighted by Gasteiger charge is 2.36. The van der Waals surface area contributed by atoms with Crippen molar-refractivity contribution < 1.29 is 0 Å². The summed E-state index contributed by atoms with van der Waals surface area (Å²) in [4.78, 5) is 5.23. The molecule has 2 atom stereocenters. The van der Waals surface area contributed by atoms with E-state index in [2.05, 4.69) is 17.1 Å². The van der Waals surface area contributed by atoms with Gasteiger partial charge in [0, 0.05) is 20.7 Å². The second kappa shape index (κ2) is 5.57. The van der Waals surface area contributed by atoms with Gasteiger partial charge in [-0.3, -0.25) is 4.99 Å². The van der Waals surface area contributed by atoms with Gasteiger partial charge in [-0.2, -0.15) is 10.5 Å². The maximum Gasteiger partial charge on any atom is 0.0973 e. The van der Waals surface area contributed by atoms with E-state index in [4.69, 9.17) is 11.6 Å². The molecule has 108 valence electrons. The Morgan fingerprint density at radius 3 is 2.59 bits per heavy atom. The van der Waals surface area contributed by atoms with E-state index in [1.807, 2.05) is 38.1 Å². The number of hydrogen-bond donors (Lipinski definition) is 0. The number of allylic oxidation sites excluding steroid dienone is 2. The van der Waals surface area contributed by atoms with Gasteiger partial charge in [-0.05, 0) is 19.9 Å². The van der Waals surface area contributed by atoms with Crippen LogP contribution in [0.15, 0.2) is 40.5 Å². The maximum absolute atomic E-state index is 9.56. The third-order valence-corrected chi connectivity index (χ3v) is 5.70. The molecule has 0 amide bonds. The molecular weight excluding hydrogens is 314 g/mol. The first-order chi connectivity index (χ1) is 10.6. The molecule has 1 unspecified atom stereocenters. The summed E-state index contributed by atoms with van der Waals surface area (Å²) in [5, 5.41) is 20.7. The first-order valence-electron chi connectivity index (χ1n) is 6.81. The molecule has 1 aromatic carbocycles. The largest absolute Gasteiger partial charge is 0.260 e. The van der Waals surface area contributed by atoms with E-state index < -0.39 is 5.92 Å². The van der Waals surface area contributed by atoms with E-state index in [9.17, 15) is 10.5 Å². The molecule has 0 N–H and O–H groups in total. The van der Waals surface area contributed by atoms with Gasteiger partial charge in [0.1, 0.15) is 0 Å². The summed E-state index contributed by atoms with van der Waals surface area (Å²) in [6, 6.07) is 12.4. The summed E-state index contributed by atoms with van der Waals surface area (Å²) in [5.74, 6) is -0.790. The zero-order valence-corrected chi connectivity index (χ0v) is 13.7. The Labute approximate surface area is 137 Å². The second-order valence-corrected chi connectivity index (χ2v) is 6.69. The molecule has 1 aliphatic heterocycles. The van der Waals surface area contributed by atoms with Crippen molar-refractivity contribution in [1.29, 1.82) is 10.5 Å². The minimum Gasteiger partial charge on any atom is -0.260 e. The quantitative estimate of drug-likeness (QED) is 0.736. The number of rotatable bonds is 1. The predicted octanol–water partition coefficient (Wildman–Crippen LogP) is 5.05. The van der Waals surface area contributed by atoms with Crippen molar-refractivity contribution in [2.45, 2.75) is 19.8 Å². The van der Waals surface area contributed by atoms with Crippen molar-refractivity contribution in [1.82, 2.24) is 0 Å². The fourth-order valence-electron chi connectivity index (χ4n) is 2.86. The van der Waals surface area contributed by atoms with Gasteiger partial charge in [0.25, 0.3) is 0 Å². The molecule has 2 heterocycles. The summed E-state index contributed by atoms with van der Waals surface area (Å²) in [5.41, 5.74) is 1.94. The molecule has 3 nitrogen and oxygen atoms in total. The van der Waals surface area contributed by atoms with Crippen LogP contribution in [-0.2, 0) is 0 Å².